The van der Waals surface area contributed by atoms with Gasteiger partial charge in [-0.3, -0.25) is 4.79 Å². The lowest BCUT2D eigenvalue weighted by Gasteiger charge is -2.09. The van der Waals surface area contributed by atoms with Crippen molar-refractivity contribution in [3.63, 3.8) is 0 Å². The van der Waals surface area contributed by atoms with Crippen LogP contribution in [0.2, 0.25) is 0 Å². The van der Waals surface area contributed by atoms with Gasteiger partial charge in [0.05, 0.1) is 10.7 Å². The Balaban J connectivity index is 2.22. The molecule has 3 N–H and O–H groups in total. The standard InChI is InChI=1S/C10H15N3O3S/c1-6(9(14)15)12-10(16)11-4-3-8-5-17-7(2)13-8/h5-6H,3-4H2,1-2H3,(H,14,15)(H2,11,12,16)/t6-/m0/s1. The van der Waals surface area contributed by atoms with Crippen LogP contribution in [0.5, 0.6) is 0 Å². The summed E-state index contributed by atoms with van der Waals surface area (Å²) in [6.45, 7) is 3.76. The van der Waals surface area contributed by atoms with E-state index in [4.69, 9.17) is 5.11 Å². The molecular weight excluding hydrogens is 242 g/mol. The summed E-state index contributed by atoms with van der Waals surface area (Å²) in [5, 5.41) is 16.4. The molecule has 17 heavy (non-hydrogen) atoms. The summed E-state index contributed by atoms with van der Waals surface area (Å²) in [7, 11) is 0. The van der Waals surface area contributed by atoms with Gasteiger partial charge in [-0.2, -0.15) is 0 Å². The van der Waals surface area contributed by atoms with Gasteiger partial charge in [0.15, 0.2) is 0 Å². The van der Waals surface area contributed by atoms with Crippen molar-refractivity contribution < 1.29 is 14.7 Å². The SMILES string of the molecule is Cc1nc(CCNC(=O)N[C@@H](C)C(=O)O)cs1. The van der Waals surface area contributed by atoms with Crippen LogP contribution >= 0.6 is 11.3 Å². The number of amides is 2. The number of carboxylic acids is 1. The quantitative estimate of drug-likeness (QED) is 0.726. The van der Waals surface area contributed by atoms with Gasteiger partial charge in [0, 0.05) is 18.3 Å². The Kier molecular flexibility index (Phi) is 4.89. The van der Waals surface area contributed by atoms with Crippen LogP contribution in [0.15, 0.2) is 5.38 Å². The number of nitrogens with zero attached hydrogens (tertiary/aromatic N) is 1. The zero-order chi connectivity index (χ0) is 12.8. The molecule has 0 aliphatic carbocycles. The fraction of sp³-hybridized carbons (Fsp3) is 0.500. The molecule has 0 spiro atoms. The van der Waals surface area contributed by atoms with Crippen LogP contribution in [0.25, 0.3) is 0 Å². The molecule has 7 heteroatoms. The van der Waals surface area contributed by atoms with E-state index < -0.39 is 18.0 Å². The van der Waals surface area contributed by atoms with Crippen LogP contribution in [0, 0.1) is 6.92 Å². The number of thiazole rings is 1. The summed E-state index contributed by atoms with van der Waals surface area (Å²) in [5.74, 6) is -1.06. The zero-order valence-corrected chi connectivity index (χ0v) is 10.5. The lowest BCUT2D eigenvalue weighted by Crippen LogP contribution is -2.44. The minimum absolute atomic E-state index is 0.432. The maximum absolute atomic E-state index is 11.2. The fourth-order valence-electron chi connectivity index (χ4n) is 1.14. The van der Waals surface area contributed by atoms with E-state index in [0.29, 0.717) is 13.0 Å². The van der Waals surface area contributed by atoms with Crippen molar-refractivity contribution >= 4 is 23.3 Å². The predicted octanol–water partition coefficient (Wildman–Crippen LogP) is 0.766. The molecule has 2 amide bonds. The molecule has 1 aromatic rings. The lowest BCUT2D eigenvalue weighted by molar-refractivity contribution is -0.138. The summed E-state index contributed by atoms with van der Waals surface area (Å²) in [4.78, 5) is 26.0. The van der Waals surface area contributed by atoms with Gasteiger partial charge < -0.3 is 15.7 Å². The average Bonchev–Trinajstić information content (AvgIpc) is 2.64. The summed E-state index contributed by atoms with van der Waals surface area (Å²) >= 11 is 1.56. The highest BCUT2D eigenvalue weighted by atomic mass is 32.1. The van der Waals surface area contributed by atoms with Crippen LogP contribution in [0.1, 0.15) is 17.6 Å². The summed E-state index contributed by atoms with van der Waals surface area (Å²) in [5.41, 5.74) is 0.930. The van der Waals surface area contributed by atoms with Crippen molar-refractivity contribution in [2.24, 2.45) is 0 Å². The first kappa shape index (κ1) is 13.4. The Morgan fingerprint density at radius 1 is 1.59 bits per heavy atom. The van der Waals surface area contributed by atoms with E-state index in [1.54, 1.807) is 11.3 Å². The van der Waals surface area contributed by atoms with E-state index in [1.807, 2.05) is 12.3 Å². The molecular formula is C10H15N3O3S. The van der Waals surface area contributed by atoms with Crippen LogP contribution in [-0.2, 0) is 11.2 Å². The smallest absolute Gasteiger partial charge is 0.325 e. The molecule has 0 fully saturated rings. The number of hydrogen-bond donors (Lipinski definition) is 3. The van der Waals surface area contributed by atoms with Crippen molar-refractivity contribution in [1.29, 1.82) is 0 Å². The van der Waals surface area contributed by atoms with Crippen molar-refractivity contribution in [3.05, 3.63) is 16.1 Å². The highest BCUT2D eigenvalue weighted by Gasteiger charge is 2.13. The van der Waals surface area contributed by atoms with Gasteiger partial charge in [0.2, 0.25) is 0 Å². The molecule has 0 bridgehead atoms. The highest BCUT2D eigenvalue weighted by molar-refractivity contribution is 7.09. The number of urea groups is 1. The third kappa shape index (κ3) is 4.81. The molecule has 1 atom stereocenters. The normalized spacial score (nSPS) is 11.9. The van der Waals surface area contributed by atoms with E-state index in [1.165, 1.54) is 6.92 Å². The summed E-state index contributed by atoms with van der Waals surface area (Å²) in [6.07, 6.45) is 0.638. The number of nitrogens with one attached hydrogen (secondary N) is 2. The number of carboxylic acid groups (broad SMARTS) is 1. The molecule has 1 aromatic heterocycles. The molecule has 0 saturated heterocycles. The number of hydrogen-bond acceptors (Lipinski definition) is 4. The van der Waals surface area contributed by atoms with Crippen LogP contribution in [-0.4, -0.2) is 34.7 Å². The third-order valence-corrected chi connectivity index (χ3v) is 2.87. The Bertz CT molecular complexity index is 405. The lowest BCUT2D eigenvalue weighted by atomic mass is 10.3. The van der Waals surface area contributed by atoms with E-state index >= 15 is 0 Å². The molecule has 0 aliphatic rings. The van der Waals surface area contributed by atoms with Gasteiger partial charge >= 0.3 is 12.0 Å². The Hall–Kier alpha value is -1.63. The maximum Gasteiger partial charge on any atom is 0.325 e. The van der Waals surface area contributed by atoms with Crippen molar-refractivity contribution in [2.45, 2.75) is 26.3 Å². The summed E-state index contributed by atoms with van der Waals surface area (Å²) < 4.78 is 0. The van der Waals surface area contributed by atoms with E-state index in [-0.39, 0.29) is 0 Å². The van der Waals surface area contributed by atoms with Gasteiger partial charge in [-0.1, -0.05) is 0 Å². The largest absolute Gasteiger partial charge is 0.480 e. The van der Waals surface area contributed by atoms with Crippen molar-refractivity contribution in [1.82, 2.24) is 15.6 Å². The van der Waals surface area contributed by atoms with Crippen LogP contribution in [0.3, 0.4) is 0 Å². The van der Waals surface area contributed by atoms with E-state index in [0.717, 1.165) is 10.7 Å². The first-order valence-electron chi connectivity index (χ1n) is 5.17. The molecule has 1 heterocycles. The second kappa shape index (κ2) is 6.19. The van der Waals surface area contributed by atoms with Gasteiger partial charge in [-0.15, -0.1) is 11.3 Å². The van der Waals surface area contributed by atoms with Gasteiger partial charge in [0.25, 0.3) is 0 Å². The van der Waals surface area contributed by atoms with Gasteiger partial charge in [-0.05, 0) is 13.8 Å². The molecule has 0 aliphatic heterocycles. The highest BCUT2D eigenvalue weighted by Crippen LogP contribution is 2.07. The first-order chi connectivity index (χ1) is 7.99. The number of carbonyl (C=O) groups excluding carboxylic acids is 1. The van der Waals surface area contributed by atoms with E-state index in [2.05, 4.69) is 15.6 Å². The topological polar surface area (TPSA) is 91.3 Å². The van der Waals surface area contributed by atoms with Crippen LogP contribution < -0.4 is 10.6 Å². The first-order valence-corrected chi connectivity index (χ1v) is 6.05. The van der Waals surface area contributed by atoms with Crippen molar-refractivity contribution in [3.8, 4) is 0 Å². The Labute approximate surface area is 103 Å². The zero-order valence-electron chi connectivity index (χ0n) is 9.69. The molecule has 1 rings (SSSR count). The van der Waals surface area contributed by atoms with Gasteiger partial charge in [0.1, 0.15) is 6.04 Å². The molecule has 0 aromatic carbocycles. The van der Waals surface area contributed by atoms with Gasteiger partial charge in [-0.25, -0.2) is 9.78 Å². The number of aryl methyl sites for hydroxylation is 1. The number of carbonyl (C=O) groups is 2. The minimum atomic E-state index is -1.06. The maximum atomic E-state index is 11.2. The second-order valence-electron chi connectivity index (χ2n) is 3.57. The monoisotopic (exact) mass is 257 g/mol. The second-order valence-corrected chi connectivity index (χ2v) is 4.63. The third-order valence-electron chi connectivity index (χ3n) is 2.05. The molecule has 6 nitrogen and oxygen atoms in total. The number of aromatic nitrogens is 1. The Morgan fingerprint density at radius 3 is 2.82 bits per heavy atom. The fourth-order valence-corrected chi connectivity index (χ4v) is 1.78. The number of aliphatic carboxylic acids is 1. The molecule has 94 valence electrons. The molecule has 0 unspecified atom stereocenters. The van der Waals surface area contributed by atoms with E-state index in [9.17, 15) is 9.59 Å². The number of rotatable bonds is 5. The average molecular weight is 257 g/mol. The predicted molar refractivity (Wildman–Crippen MR) is 64.2 cm³/mol. The summed E-state index contributed by atoms with van der Waals surface area (Å²) in [6, 6.07) is -1.37. The molecule has 0 radical (unpaired) electrons. The van der Waals surface area contributed by atoms with Crippen LogP contribution in [0.4, 0.5) is 4.79 Å². The Morgan fingerprint density at radius 2 is 2.29 bits per heavy atom. The van der Waals surface area contributed by atoms with Crippen molar-refractivity contribution in [2.75, 3.05) is 6.54 Å². The molecule has 0 saturated carbocycles. The minimum Gasteiger partial charge on any atom is -0.480 e.